The lowest BCUT2D eigenvalue weighted by Crippen LogP contribution is -2.32. The third kappa shape index (κ3) is 4.96. The second-order valence-electron chi connectivity index (χ2n) is 8.05. The molecule has 0 bridgehead atoms. The van der Waals surface area contributed by atoms with Crippen molar-refractivity contribution in [3.05, 3.63) is 64.7 Å². The minimum Gasteiger partial charge on any atom is -0.485 e. The number of fused-ring (bicyclic) bond motifs is 1. The van der Waals surface area contributed by atoms with Gasteiger partial charge in [-0.3, -0.25) is 0 Å². The first kappa shape index (κ1) is 20.3. The van der Waals surface area contributed by atoms with Gasteiger partial charge in [0.25, 0.3) is 0 Å². The topological polar surface area (TPSA) is 27.7 Å². The van der Waals surface area contributed by atoms with Crippen LogP contribution < -0.4 is 4.74 Å². The number of hydrogen-bond donors (Lipinski definition) is 0. The average molecular weight is 402 g/mol. The molecule has 0 N–H and O–H groups in total. The van der Waals surface area contributed by atoms with Gasteiger partial charge in [0.2, 0.25) is 0 Å². The van der Waals surface area contributed by atoms with E-state index in [1.54, 1.807) is 6.07 Å². The zero-order chi connectivity index (χ0) is 20.2. The summed E-state index contributed by atoms with van der Waals surface area (Å²) < 4.78 is 44.5. The van der Waals surface area contributed by atoms with Crippen LogP contribution in [0.5, 0.6) is 5.75 Å². The first-order valence-electron chi connectivity index (χ1n) is 10.6. The Morgan fingerprint density at radius 3 is 2.55 bits per heavy atom. The molecule has 29 heavy (non-hydrogen) atoms. The van der Waals surface area contributed by atoms with Crippen molar-refractivity contribution in [2.45, 2.75) is 57.8 Å². The van der Waals surface area contributed by atoms with E-state index >= 15 is 0 Å². The normalized spacial score (nSPS) is 24.0. The molecule has 1 atom stereocenters. The summed E-state index contributed by atoms with van der Waals surface area (Å²) in [6.45, 7) is 3.77. The van der Waals surface area contributed by atoms with E-state index in [9.17, 15) is 8.78 Å². The molecule has 5 heteroatoms. The Kier molecular flexibility index (Phi) is 6.46. The summed E-state index contributed by atoms with van der Waals surface area (Å²) in [5, 5.41) is 0. The Bertz CT molecular complexity index is 831. The third-order valence-electron chi connectivity index (χ3n) is 5.79. The Morgan fingerprint density at radius 2 is 1.79 bits per heavy atom. The predicted octanol–water partition coefficient (Wildman–Crippen LogP) is 5.75. The summed E-state index contributed by atoms with van der Waals surface area (Å²) >= 11 is 0. The lowest BCUT2D eigenvalue weighted by molar-refractivity contribution is -0.203. The Morgan fingerprint density at radius 1 is 0.966 bits per heavy atom. The number of hydrogen-bond acceptors (Lipinski definition) is 3. The van der Waals surface area contributed by atoms with Crippen LogP contribution in [0.2, 0.25) is 0 Å². The summed E-state index contributed by atoms with van der Waals surface area (Å²) in [5.41, 5.74) is 3.07. The van der Waals surface area contributed by atoms with E-state index in [1.165, 1.54) is 11.6 Å². The highest BCUT2D eigenvalue weighted by molar-refractivity contribution is 5.40. The first-order chi connectivity index (χ1) is 14.1. The highest BCUT2D eigenvalue weighted by Gasteiger charge is 2.24. The van der Waals surface area contributed by atoms with Crippen LogP contribution in [0.1, 0.15) is 55.4 Å². The molecule has 2 heterocycles. The van der Waals surface area contributed by atoms with Gasteiger partial charge in [0.05, 0.1) is 13.2 Å². The molecule has 1 saturated heterocycles. The van der Waals surface area contributed by atoms with Gasteiger partial charge in [0, 0.05) is 12.3 Å². The van der Waals surface area contributed by atoms with Crippen LogP contribution in [0.15, 0.2) is 36.4 Å². The largest absolute Gasteiger partial charge is 0.485 e. The third-order valence-corrected chi connectivity index (χ3v) is 5.79. The summed E-state index contributed by atoms with van der Waals surface area (Å²) in [7, 11) is 0. The highest BCUT2D eigenvalue weighted by Crippen LogP contribution is 2.36. The molecule has 0 amide bonds. The van der Waals surface area contributed by atoms with E-state index in [0.29, 0.717) is 11.5 Å². The molecule has 2 aliphatic heterocycles. The van der Waals surface area contributed by atoms with Crippen LogP contribution in [0.4, 0.5) is 8.78 Å². The van der Waals surface area contributed by atoms with Gasteiger partial charge in [-0.2, -0.15) is 0 Å². The van der Waals surface area contributed by atoms with E-state index in [0.717, 1.165) is 69.1 Å². The second-order valence-corrected chi connectivity index (χ2v) is 8.05. The number of rotatable bonds is 6. The lowest BCUT2D eigenvalue weighted by Gasteiger charge is -2.29. The van der Waals surface area contributed by atoms with Crippen molar-refractivity contribution in [3.8, 4) is 5.75 Å². The van der Waals surface area contributed by atoms with Crippen molar-refractivity contribution in [2.24, 2.45) is 5.92 Å². The van der Waals surface area contributed by atoms with Crippen molar-refractivity contribution >= 4 is 0 Å². The maximum atomic E-state index is 13.5. The zero-order valence-electron chi connectivity index (χ0n) is 16.8. The van der Waals surface area contributed by atoms with Crippen LogP contribution in [0, 0.1) is 17.6 Å². The predicted molar refractivity (Wildman–Crippen MR) is 107 cm³/mol. The van der Waals surface area contributed by atoms with Crippen LogP contribution in [0.25, 0.3) is 0 Å². The molecule has 2 aromatic carbocycles. The van der Waals surface area contributed by atoms with Crippen molar-refractivity contribution in [2.75, 3.05) is 13.2 Å². The average Bonchev–Trinajstić information content (AvgIpc) is 2.75. The van der Waals surface area contributed by atoms with E-state index in [2.05, 4.69) is 19.1 Å². The van der Waals surface area contributed by atoms with E-state index in [4.69, 9.17) is 14.2 Å². The van der Waals surface area contributed by atoms with Crippen molar-refractivity contribution < 1.29 is 23.0 Å². The number of halogens is 2. The molecule has 3 nitrogen and oxygen atoms in total. The molecule has 156 valence electrons. The summed E-state index contributed by atoms with van der Waals surface area (Å²) in [6.07, 6.45) is 5.28. The highest BCUT2D eigenvalue weighted by atomic mass is 19.2. The van der Waals surface area contributed by atoms with E-state index in [-0.39, 0.29) is 12.4 Å². The Hall–Kier alpha value is -1.98. The lowest BCUT2D eigenvalue weighted by atomic mass is 9.95. The number of aryl methyl sites for hydroxylation is 2. The molecule has 4 rings (SSSR count). The van der Waals surface area contributed by atoms with Crippen LogP contribution in [-0.2, 0) is 22.3 Å². The molecule has 1 unspecified atom stereocenters. The Balaban J connectivity index is 1.32. The van der Waals surface area contributed by atoms with Gasteiger partial charge < -0.3 is 14.2 Å². The fraction of sp³-hybridized carbons (Fsp3) is 0.500. The molecular weight excluding hydrogens is 374 g/mol. The molecule has 1 fully saturated rings. The van der Waals surface area contributed by atoms with Gasteiger partial charge in [-0.15, -0.1) is 0 Å². The van der Waals surface area contributed by atoms with Crippen LogP contribution in [-0.4, -0.2) is 19.5 Å². The van der Waals surface area contributed by atoms with Gasteiger partial charge in [-0.05, 0) is 60.6 Å². The van der Waals surface area contributed by atoms with Gasteiger partial charge in [0.15, 0.2) is 17.9 Å². The summed E-state index contributed by atoms with van der Waals surface area (Å²) in [5.74, 6) is -0.316. The number of benzene rings is 2. The molecule has 0 spiro atoms. The van der Waals surface area contributed by atoms with Crippen molar-refractivity contribution in [1.82, 2.24) is 0 Å². The summed E-state index contributed by atoms with van der Waals surface area (Å²) in [4.78, 5) is 0. The fourth-order valence-corrected chi connectivity index (χ4v) is 4.15. The maximum Gasteiger partial charge on any atom is 0.159 e. The van der Waals surface area contributed by atoms with Gasteiger partial charge in [-0.25, -0.2) is 8.78 Å². The fourth-order valence-electron chi connectivity index (χ4n) is 4.15. The molecule has 2 aliphatic rings. The molecule has 2 aromatic rings. The first-order valence-corrected chi connectivity index (χ1v) is 10.6. The molecule has 0 saturated carbocycles. The molecule has 0 aliphatic carbocycles. The second kappa shape index (κ2) is 9.23. The van der Waals surface area contributed by atoms with Crippen molar-refractivity contribution in [1.29, 1.82) is 0 Å². The monoisotopic (exact) mass is 402 g/mol. The van der Waals surface area contributed by atoms with Crippen LogP contribution >= 0.6 is 0 Å². The SMILES string of the molecule is CCCC1COC(CCc2ccc3c(c2)CCC(c2ccc(F)c(F)c2)O3)OC1. The quantitative estimate of drug-likeness (QED) is 0.615. The standard InChI is InChI=1S/C24H28F2O3/c1-2-3-17-14-27-24(28-15-17)11-5-16-4-9-22-18(12-16)7-10-23(29-22)19-6-8-20(25)21(26)13-19/h4,6,8-9,12-13,17,23-24H,2-3,5,7,10-11,14-15H2,1H3. The van der Waals surface area contributed by atoms with Gasteiger partial charge in [-0.1, -0.05) is 31.5 Å². The molecule has 0 aromatic heterocycles. The zero-order valence-corrected chi connectivity index (χ0v) is 16.8. The Labute approximate surface area is 171 Å². The number of ether oxygens (including phenoxy) is 3. The molecule has 0 radical (unpaired) electrons. The minimum absolute atomic E-state index is 0.117. The van der Waals surface area contributed by atoms with Crippen molar-refractivity contribution in [3.63, 3.8) is 0 Å². The smallest absolute Gasteiger partial charge is 0.159 e. The van der Waals surface area contributed by atoms with E-state index in [1.807, 2.05) is 6.07 Å². The minimum atomic E-state index is -0.833. The molecular formula is C24H28F2O3. The van der Waals surface area contributed by atoms with Gasteiger partial charge in [0.1, 0.15) is 11.9 Å². The maximum absolute atomic E-state index is 13.5. The van der Waals surface area contributed by atoms with Crippen LogP contribution in [0.3, 0.4) is 0 Å². The van der Waals surface area contributed by atoms with E-state index < -0.39 is 11.6 Å². The van der Waals surface area contributed by atoms with Gasteiger partial charge >= 0.3 is 0 Å². The summed E-state index contributed by atoms with van der Waals surface area (Å²) in [6, 6.07) is 10.2.